The summed E-state index contributed by atoms with van der Waals surface area (Å²) in [5, 5.41) is 22.5. The molecule has 124 valence electrons. The fraction of sp³-hybridized carbons (Fsp3) is 0.800. The molecule has 2 nitrogen and oxygen atoms in total. The number of hydrogen-bond acceptors (Lipinski definition) is 2. The average molecular weight is 304 g/mol. The van der Waals surface area contributed by atoms with E-state index in [1.165, 1.54) is 12.8 Å². The Bertz CT molecular complexity index is 520. The predicted octanol–water partition coefficient (Wildman–Crippen LogP) is 4.23. The van der Waals surface area contributed by atoms with E-state index in [0.29, 0.717) is 5.92 Å². The first-order valence-corrected chi connectivity index (χ1v) is 8.85. The zero-order valence-electron chi connectivity index (χ0n) is 14.7. The Labute approximate surface area is 135 Å². The number of rotatable bonds is 1. The third-order valence-electron chi connectivity index (χ3n) is 7.45. The van der Waals surface area contributed by atoms with Gasteiger partial charge in [-0.2, -0.15) is 0 Å². The lowest BCUT2D eigenvalue weighted by Crippen LogP contribution is -2.64. The Kier molecular flexibility index (Phi) is 3.48. The van der Waals surface area contributed by atoms with E-state index < -0.39 is 11.7 Å². The van der Waals surface area contributed by atoms with Crippen molar-refractivity contribution >= 4 is 0 Å². The second-order valence-corrected chi connectivity index (χ2v) is 9.23. The summed E-state index contributed by atoms with van der Waals surface area (Å²) < 4.78 is 0. The molecule has 0 saturated heterocycles. The van der Waals surface area contributed by atoms with Crippen molar-refractivity contribution in [2.24, 2.45) is 22.2 Å². The number of aliphatic hydroxyl groups excluding tert-OH is 1. The molecule has 2 N–H and O–H groups in total. The number of hydrogen-bond donors (Lipinski definition) is 2. The van der Waals surface area contributed by atoms with E-state index in [4.69, 9.17) is 0 Å². The van der Waals surface area contributed by atoms with Crippen LogP contribution < -0.4 is 0 Å². The van der Waals surface area contributed by atoms with Crippen LogP contribution in [-0.2, 0) is 0 Å². The van der Waals surface area contributed by atoms with Gasteiger partial charge >= 0.3 is 0 Å². The van der Waals surface area contributed by atoms with Crippen molar-refractivity contribution in [2.75, 3.05) is 0 Å². The molecule has 0 aromatic heterocycles. The normalized spacial score (nSPS) is 50.5. The van der Waals surface area contributed by atoms with Crippen molar-refractivity contribution < 1.29 is 10.2 Å². The second kappa shape index (κ2) is 4.70. The molecule has 0 bridgehead atoms. The summed E-state index contributed by atoms with van der Waals surface area (Å²) in [5.41, 5.74) is -0.0139. The molecule has 2 saturated carbocycles. The lowest BCUT2D eigenvalue weighted by Gasteiger charge is -2.64. The first-order chi connectivity index (χ1) is 10.1. The molecule has 5 atom stereocenters. The van der Waals surface area contributed by atoms with E-state index in [9.17, 15) is 10.2 Å². The molecule has 0 spiro atoms. The predicted molar refractivity (Wildman–Crippen MR) is 90.4 cm³/mol. The van der Waals surface area contributed by atoms with Crippen molar-refractivity contribution in [2.45, 2.75) is 77.9 Å². The van der Waals surface area contributed by atoms with Gasteiger partial charge < -0.3 is 10.2 Å². The Morgan fingerprint density at radius 2 is 1.82 bits per heavy atom. The molecule has 0 radical (unpaired) electrons. The molecular formula is C20H32O2. The van der Waals surface area contributed by atoms with Gasteiger partial charge in [-0.3, -0.25) is 0 Å². The van der Waals surface area contributed by atoms with Crippen molar-refractivity contribution in [3.8, 4) is 0 Å². The molecule has 0 aromatic rings. The number of fused-ring (bicyclic) bond motifs is 3. The Hall–Kier alpha value is -0.600. The standard InChI is InChI=1S/C20H32O2/c1-6-18(4)10-11-20(22)14(13-18)15(21)12-16-17(2,3)8-7-9-19(16,20)5/h6,13,15-16,21-22H,1,7-12H2,2-5H3/t15-,16+,18+,19+,20-/m1/s1. The van der Waals surface area contributed by atoms with Gasteiger partial charge in [-0.25, -0.2) is 0 Å². The van der Waals surface area contributed by atoms with Crippen molar-refractivity contribution in [1.29, 1.82) is 0 Å². The van der Waals surface area contributed by atoms with Gasteiger partial charge in [0.2, 0.25) is 0 Å². The molecule has 0 aliphatic heterocycles. The third-order valence-corrected chi connectivity index (χ3v) is 7.45. The van der Waals surface area contributed by atoms with Crippen molar-refractivity contribution in [1.82, 2.24) is 0 Å². The minimum atomic E-state index is -0.852. The third kappa shape index (κ3) is 1.99. The maximum atomic E-state index is 11.7. The van der Waals surface area contributed by atoms with Crippen LogP contribution in [0.1, 0.15) is 66.2 Å². The van der Waals surface area contributed by atoms with Gasteiger partial charge in [-0.15, -0.1) is 6.58 Å². The van der Waals surface area contributed by atoms with Crippen LogP contribution in [0, 0.1) is 22.2 Å². The van der Waals surface area contributed by atoms with Crippen LogP contribution in [0.5, 0.6) is 0 Å². The van der Waals surface area contributed by atoms with E-state index >= 15 is 0 Å². The van der Waals surface area contributed by atoms with Crippen LogP contribution in [0.4, 0.5) is 0 Å². The van der Waals surface area contributed by atoms with Gasteiger partial charge in [0.1, 0.15) is 0 Å². The summed E-state index contributed by atoms with van der Waals surface area (Å²) in [5.74, 6) is 0.374. The lowest BCUT2D eigenvalue weighted by atomic mass is 9.43. The van der Waals surface area contributed by atoms with Crippen LogP contribution in [0.2, 0.25) is 0 Å². The van der Waals surface area contributed by atoms with Crippen LogP contribution in [0.3, 0.4) is 0 Å². The first-order valence-electron chi connectivity index (χ1n) is 8.85. The van der Waals surface area contributed by atoms with E-state index in [2.05, 4.69) is 40.3 Å². The van der Waals surface area contributed by atoms with E-state index in [1.54, 1.807) is 0 Å². The van der Waals surface area contributed by atoms with Gasteiger partial charge in [0.25, 0.3) is 0 Å². The van der Waals surface area contributed by atoms with Gasteiger partial charge in [0.15, 0.2) is 0 Å². The molecule has 3 aliphatic carbocycles. The first kappa shape index (κ1) is 16.3. The fourth-order valence-electron chi connectivity index (χ4n) is 5.84. The fourth-order valence-corrected chi connectivity index (χ4v) is 5.84. The highest BCUT2D eigenvalue weighted by Crippen LogP contribution is 2.65. The summed E-state index contributed by atoms with van der Waals surface area (Å²) in [7, 11) is 0. The Morgan fingerprint density at radius 1 is 1.14 bits per heavy atom. The quantitative estimate of drug-likeness (QED) is 0.712. The van der Waals surface area contributed by atoms with E-state index in [0.717, 1.165) is 31.3 Å². The number of allylic oxidation sites excluding steroid dienone is 2. The highest BCUT2D eigenvalue weighted by Gasteiger charge is 2.63. The molecule has 0 aromatic carbocycles. The van der Waals surface area contributed by atoms with Gasteiger partial charge in [-0.1, -0.05) is 46.3 Å². The largest absolute Gasteiger partial charge is 0.389 e. The summed E-state index contributed by atoms with van der Waals surface area (Å²) in [4.78, 5) is 0. The molecule has 2 fully saturated rings. The maximum Gasteiger partial charge on any atom is 0.0938 e. The SMILES string of the molecule is C=C[C@]1(C)C=C2[C@H](O)C[C@H]3C(C)(C)CCC[C@]3(C)[C@@]2(O)CC1. The zero-order chi connectivity index (χ0) is 16.4. The van der Waals surface area contributed by atoms with Crippen molar-refractivity contribution in [3.63, 3.8) is 0 Å². The van der Waals surface area contributed by atoms with Crippen LogP contribution in [0.15, 0.2) is 24.3 Å². The minimum Gasteiger partial charge on any atom is -0.389 e. The topological polar surface area (TPSA) is 40.5 Å². The number of aliphatic hydroxyl groups is 2. The second-order valence-electron chi connectivity index (χ2n) is 9.23. The monoisotopic (exact) mass is 304 g/mol. The highest BCUT2D eigenvalue weighted by molar-refractivity contribution is 5.36. The summed E-state index contributed by atoms with van der Waals surface area (Å²) in [6.45, 7) is 13.0. The van der Waals surface area contributed by atoms with Crippen LogP contribution >= 0.6 is 0 Å². The van der Waals surface area contributed by atoms with E-state index in [-0.39, 0.29) is 16.2 Å². The van der Waals surface area contributed by atoms with Gasteiger partial charge in [-0.05, 0) is 49.0 Å². The lowest BCUT2D eigenvalue weighted by molar-refractivity contribution is -0.181. The van der Waals surface area contributed by atoms with Crippen LogP contribution in [0.25, 0.3) is 0 Å². The van der Waals surface area contributed by atoms with Gasteiger partial charge in [0, 0.05) is 10.8 Å². The van der Waals surface area contributed by atoms with E-state index in [1.807, 2.05) is 6.08 Å². The van der Waals surface area contributed by atoms with Crippen molar-refractivity contribution in [3.05, 3.63) is 24.3 Å². The molecule has 0 unspecified atom stereocenters. The summed E-state index contributed by atoms with van der Waals surface area (Å²) in [6.07, 6.45) is 9.43. The van der Waals surface area contributed by atoms with Gasteiger partial charge in [0.05, 0.1) is 11.7 Å². The molecule has 0 heterocycles. The summed E-state index contributed by atoms with van der Waals surface area (Å²) in [6, 6.07) is 0. The highest BCUT2D eigenvalue weighted by atomic mass is 16.3. The van der Waals surface area contributed by atoms with Crippen LogP contribution in [-0.4, -0.2) is 21.9 Å². The smallest absolute Gasteiger partial charge is 0.0938 e. The molecule has 22 heavy (non-hydrogen) atoms. The minimum absolute atomic E-state index is 0.101. The molecule has 2 heteroatoms. The molecule has 3 rings (SSSR count). The zero-order valence-corrected chi connectivity index (χ0v) is 14.7. The Balaban J connectivity index is 2.12. The summed E-state index contributed by atoms with van der Waals surface area (Å²) >= 11 is 0. The molecule has 3 aliphatic rings. The Morgan fingerprint density at radius 3 is 2.45 bits per heavy atom. The maximum absolute atomic E-state index is 11.7. The molecular weight excluding hydrogens is 272 g/mol. The average Bonchev–Trinajstić information content (AvgIpc) is 2.44. The molecule has 0 amide bonds.